The molecule has 0 aliphatic rings. The summed E-state index contributed by atoms with van der Waals surface area (Å²) in [7, 11) is 0. The molecule has 22 heavy (non-hydrogen) atoms. The third-order valence-electron chi connectivity index (χ3n) is 3.15. The molecule has 0 spiro atoms. The summed E-state index contributed by atoms with van der Waals surface area (Å²) in [6.45, 7) is -0.328. The van der Waals surface area contributed by atoms with Gasteiger partial charge in [-0.05, 0) is 29.8 Å². The maximum Gasteiger partial charge on any atom is 0.420 e. The lowest BCUT2D eigenvalue weighted by molar-refractivity contribution is -0.116. The Morgan fingerprint density at radius 3 is 2.91 bits per heavy atom. The molecular formula is C15H13N3O4. The van der Waals surface area contributed by atoms with Crippen LogP contribution in [-0.2, 0) is 17.9 Å². The van der Waals surface area contributed by atoms with Crippen LogP contribution in [0, 0.1) is 0 Å². The van der Waals surface area contributed by atoms with E-state index in [2.05, 4.69) is 10.3 Å². The molecule has 0 atom stereocenters. The van der Waals surface area contributed by atoms with E-state index in [1.165, 1.54) is 4.57 Å². The van der Waals surface area contributed by atoms with E-state index in [9.17, 15) is 9.59 Å². The van der Waals surface area contributed by atoms with Crippen molar-refractivity contribution in [3.8, 4) is 0 Å². The molecule has 1 amide bonds. The second kappa shape index (κ2) is 5.82. The van der Waals surface area contributed by atoms with Crippen molar-refractivity contribution < 1.29 is 14.3 Å². The first-order valence-corrected chi connectivity index (χ1v) is 6.61. The summed E-state index contributed by atoms with van der Waals surface area (Å²) in [5.41, 5.74) is 1.46. The first-order chi connectivity index (χ1) is 10.7. The summed E-state index contributed by atoms with van der Waals surface area (Å²) in [5, 5.41) is 11.7. The Labute approximate surface area is 124 Å². The molecule has 0 saturated carbocycles. The lowest BCUT2D eigenvalue weighted by Crippen LogP contribution is -2.25. The molecule has 2 N–H and O–H groups in total. The number of pyridine rings is 1. The molecule has 112 valence electrons. The molecule has 3 aromatic rings. The van der Waals surface area contributed by atoms with Crippen molar-refractivity contribution in [3.63, 3.8) is 0 Å². The molecule has 1 aromatic carbocycles. The SMILES string of the molecule is O=C(Cn1c(=O)oc2cc(CO)ccc21)Nc1ccccn1. The van der Waals surface area contributed by atoms with Crippen molar-refractivity contribution >= 4 is 22.8 Å². The predicted molar refractivity (Wildman–Crippen MR) is 79.3 cm³/mol. The first-order valence-electron chi connectivity index (χ1n) is 6.61. The number of rotatable bonds is 4. The number of aromatic nitrogens is 2. The van der Waals surface area contributed by atoms with Crippen LogP contribution < -0.4 is 11.1 Å². The third kappa shape index (κ3) is 2.75. The fraction of sp³-hybridized carbons (Fsp3) is 0.133. The van der Waals surface area contributed by atoms with Gasteiger partial charge in [0.25, 0.3) is 0 Å². The van der Waals surface area contributed by atoms with Crippen molar-refractivity contribution in [2.24, 2.45) is 0 Å². The number of benzene rings is 1. The fourth-order valence-electron chi connectivity index (χ4n) is 2.12. The van der Waals surface area contributed by atoms with Gasteiger partial charge in [0.15, 0.2) is 5.58 Å². The Hall–Kier alpha value is -2.93. The third-order valence-corrected chi connectivity index (χ3v) is 3.15. The highest BCUT2D eigenvalue weighted by atomic mass is 16.4. The maximum absolute atomic E-state index is 12.0. The number of nitrogens with zero attached hydrogens (tertiary/aromatic N) is 2. The van der Waals surface area contributed by atoms with Gasteiger partial charge in [0.2, 0.25) is 5.91 Å². The van der Waals surface area contributed by atoms with Crippen LogP contribution in [0.4, 0.5) is 5.82 Å². The second-order valence-electron chi connectivity index (χ2n) is 4.68. The number of carbonyl (C=O) groups is 1. The molecule has 3 rings (SSSR count). The average molecular weight is 299 g/mol. The maximum atomic E-state index is 12.0. The molecule has 2 aromatic heterocycles. The number of aliphatic hydroxyl groups excluding tert-OH is 1. The normalized spacial score (nSPS) is 10.8. The van der Waals surface area contributed by atoms with Gasteiger partial charge < -0.3 is 14.8 Å². The Bertz CT molecular complexity index is 867. The van der Waals surface area contributed by atoms with Gasteiger partial charge in [0, 0.05) is 6.20 Å². The second-order valence-corrected chi connectivity index (χ2v) is 4.68. The smallest absolute Gasteiger partial charge is 0.408 e. The van der Waals surface area contributed by atoms with E-state index in [4.69, 9.17) is 9.52 Å². The van der Waals surface area contributed by atoms with Crippen molar-refractivity contribution in [1.29, 1.82) is 0 Å². The van der Waals surface area contributed by atoms with Crippen LogP contribution in [0.25, 0.3) is 11.1 Å². The fourth-order valence-corrected chi connectivity index (χ4v) is 2.12. The standard InChI is InChI=1S/C15H13N3O4/c19-9-10-4-5-11-12(7-10)22-15(21)18(11)8-14(20)17-13-3-1-2-6-16-13/h1-7,19H,8-9H2,(H,16,17,20). The predicted octanol–water partition coefficient (Wildman–Crippen LogP) is 1.12. The molecule has 0 unspecified atom stereocenters. The van der Waals surface area contributed by atoms with Crippen LogP contribution in [0.1, 0.15) is 5.56 Å². The summed E-state index contributed by atoms with van der Waals surface area (Å²) in [6.07, 6.45) is 1.56. The molecule has 0 aliphatic heterocycles. The molecule has 0 saturated heterocycles. The molecule has 0 radical (unpaired) electrons. The van der Waals surface area contributed by atoms with E-state index >= 15 is 0 Å². The summed E-state index contributed by atoms with van der Waals surface area (Å²) < 4.78 is 6.32. The zero-order valence-electron chi connectivity index (χ0n) is 11.5. The zero-order valence-corrected chi connectivity index (χ0v) is 11.5. The average Bonchev–Trinajstić information content (AvgIpc) is 2.83. The molecule has 0 fully saturated rings. The summed E-state index contributed by atoms with van der Waals surface area (Å²) in [6, 6.07) is 10.0. The minimum Gasteiger partial charge on any atom is -0.408 e. The molecule has 0 aliphatic carbocycles. The zero-order chi connectivity index (χ0) is 15.5. The van der Waals surface area contributed by atoms with E-state index in [1.54, 1.807) is 42.6 Å². The van der Waals surface area contributed by atoms with Gasteiger partial charge in [-0.3, -0.25) is 9.36 Å². The van der Waals surface area contributed by atoms with E-state index in [0.717, 1.165) is 0 Å². The topological polar surface area (TPSA) is 97.4 Å². The van der Waals surface area contributed by atoms with E-state index < -0.39 is 5.76 Å². The molecule has 7 heteroatoms. The monoisotopic (exact) mass is 299 g/mol. The highest BCUT2D eigenvalue weighted by Crippen LogP contribution is 2.15. The lowest BCUT2D eigenvalue weighted by Gasteiger charge is -2.04. The van der Waals surface area contributed by atoms with Gasteiger partial charge in [0.1, 0.15) is 12.4 Å². The molecule has 7 nitrogen and oxygen atoms in total. The quantitative estimate of drug-likeness (QED) is 0.752. The van der Waals surface area contributed by atoms with Gasteiger partial charge in [-0.1, -0.05) is 12.1 Å². The minimum atomic E-state index is -0.624. The summed E-state index contributed by atoms with van der Waals surface area (Å²) in [4.78, 5) is 27.9. The number of fused-ring (bicyclic) bond motifs is 1. The number of amides is 1. The van der Waals surface area contributed by atoms with Crippen LogP contribution in [0.5, 0.6) is 0 Å². The number of anilines is 1. The highest BCUT2D eigenvalue weighted by Gasteiger charge is 2.13. The Kier molecular flexibility index (Phi) is 3.71. The highest BCUT2D eigenvalue weighted by molar-refractivity contribution is 5.90. The Morgan fingerprint density at radius 2 is 2.18 bits per heavy atom. The van der Waals surface area contributed by atoms with Crippen LogP contribution >= 0.6 is 0 Å². The number of nitrogens with one attached hydrogen (secondary N) is 1. The van der Waals surface area contributed by atoms with E-state index in [0.29, 0.717) is 22.5 Å². The minimum absolute atomic E-state index is 0.148. The molecule has 0 bridgehead atoms. The largest absolute Gasteiger partial charge is 0.420 e. The van der Waals surface area contributed by atoms with Gasteiger partial charge in [-0.15, -0.1) is 0 Å². The summed E-state index contributed by atoms with van der Waals surface area (Å²) in [5.74, 6) is -0.591. The number of aliphatic hydroxyl groups is 1. The van der Waals surface area contributed by atoms with Crippen molar-refractivity contribution in [1.82, 2.24) is 9.55 Å². The van der Waals surface area contributed by atoms with Gasteiger partial charge in [0.05, 0.1) is 12.1 Å². The Morgan fingerprint density at radius 1 is 1.32 bits per heavy atom. The molecule has 2 heterocycles. The van der Waals surface area contributed by atoms with Crippen molar-refractivity contribution in [2.45, 2.75) is 13.2 Å². The number of carbonyl (C=O) groups excluding carboxylic acids is 1. The van der Waals surface area contributed by atoms with Crippen molar-refractivity contribution in [2.75, 3.05) is 5.32 Å². The number of oxazole rings is 1. The molecular weight excluding hydrogens is 286 g/mol. The Balaban J connectivity index is 1.86. The van der Waals surface area contributed by atoms with Crippen LogP contribution in [0.2, 0.25) is 0 Å². The van der Waals surface area contributed by atoms with Gasteiger partial charge in [-0.2, -0.15) is 0 Å². The van der Waals surface area contributed by atoms with Gasteiger partial charge in [-0.25, -0.2) is 9.78 Å². The van der Waals surface area contributed by atoms with Crippen LogP contribution in [0.15, 0.2) is 51.8 Å². The van der Waals surface area contributed by atoms with E-state index in [1.807, 2.05) is 0 Å². The van der Waals surface area contributed by atoms with Crippen LogP contribution in [0.3, 0.4) is 0 Å². The van der Waals surface area contributed by atoms with E-state index in [-0.39, 0.29) is 19.1 Å². The number of hydrogen-bond donors (Lipinski definition) is 2. The lowest BCUT2D eigenvalue weighted by atomic mass is 10.2. The first kappa shape index (κ1) is 14.0. The van der Waals surface area contributed by atoms with Crippen molar-refractivity contribution in [3.05, 3.63) is 58.7 Å². The summed E-state index contributed by atoms with van der Waals surface area (Å²) >= 11 is 0. The van der Waals surface area contributed by atoms with Crippen LogP contribution in [-0.4, -0.2) is 20.6 Å². The number of hydrogen-bond acceptors (Lipinski definition) is 5. The van der Waals surface area contributed by atoms with Gasteiger partial charge >= 0.3 is 5.76 Å².